The number of esters is 2. The quantitative estimate of drug-likeness (QED) is 0.367. The van der Waals surface area contributed by atoms with E-state index in [0.29, 0.717) is 11.0 Å². The zero-order valence-corrected chi connectivity index (χ0v) is 20.5. The van der Waals surface area contributed by atoms with Crippen molar-refractivity contribution in [2.24, 2.45) is 0 Å². The van der Waals surface area contributed by atoms with Gasteiger partial charge >= 0.3 is 11.9 Å². The van der Waals surface area contributed by atoms with E-state index in [9.17, 15) is 14.4 Å². The van der Waals surface area contributed by atoms with Crippen molar-refractivity contribution >= 4 is 40.4 Å². The summed E-state index contributed by atoms with van der Waals surface area (Å²) in [6, 6.07) is 6.46. The van der Waals surface area contributed by atoms with Crippen LogP contribution in [0.25, 0.3) is 11.0 Å². The molecule has 3 rings (SSSR count). The minimum atomic E-state index is -1.31. The van der Waals surface area contributed by atoms with Crippen molar-refractivity contribution in [3.8, 4) is 5.75 Å². The molecular weight excluding hydrogens is 490 g/mol. The monoisotopic (exact) mass is 516 g/mol. The summed E-state index contributed by atoms with van der Waals surface area (Å²) in [5.74, 6) is -5.31. The third-order valence-corrected chi connectivity index (χ3v) is 5.13. The Kier molecular flexibility index (Phi) is 9.25. The third-order valence-electron chi connectivity index (χ3n) is 5.13. The van der Waals surface area contributed by atoms with Gasteiger partial charge < -0.3 is 24.8 Å². The topological polar surface area (TPSA) is 129 Å². The van der Waals surface area contributed by atoms with E-state index in [-0.39, 0.29) is 37.6 Å². The van der Waals surface area contributed by atoms with Crippen LogP contribution in [0.3, 0.4) is 0 Å². The molecule has 0 radical (unpaired) electrons. The molecule has 2 aromatic carbocycles. The number of carbonyl (C=O) groups excluding carboxylic acids is 3. The second-order valence-corrected chi connectivity index (χ2v) is 7.62. The van der Waals surface area contributed by atoms with Crippen LogP contribution in [0.4, 0.5) is 20.3 Å². The summed E-state index contributed by atoms with van der Waals surface area (Å²) < 4.78 is 45.2. The van der Waals surface area contributed by atoms with Gasteiger partial charge in [0.05, 0.1) is 43.2 Å². The summed E-state index contributed by atoms with van der Waals surface area (Å²) >= 11 is 0. The van der Waals surface area contributed by atoms with Crippen LogP contribution < -0.4 is 15.4 Å². The standard InChI is InChI=1S/C25H26F2N4O6/c1-4-36-20(32)11-10-17(25(34)37-5-2)31-24(33)21-14(26)12-18(22(27)23(21)35-3)30-19-13-28-15-8-6-7-9-16(15)29-19/h6-9,12-13,17H,4-5,10-11H2,1-3H3,(H,29,30)(H,31,33). The number of hydrogen-bond donors (Lipinski definition) is 2. The minimum Gasteiger partial charge on any atom is -0.493 e. The SMILES string of the molecule is CCOC(=O)CCC(NC(=O)c1c(F)cc(Nc2cnc3ccccc3n2)c(F)c1OC)C(=O)OCC. The minimum absolute atomic E-state index is 0.00888. The molecule has 0 spiro atoms. The molecule has 1 aromatic heterocycles. The maximum Gasteiger partial charge on any atom is 0.328 e. The predicted molar refractivity (Wildman–Crippen MR) is 129 cm³/mol. The van der Waals surface area contributed by atoms with E-state index in [4.69, 9.17) is 14.2 Å². The Labute approximate surface area is 211 Å². The summed E-state index contributed by atoms with van der Waals surface area (Å²) in [6.07, 6.45) is 0.970. The fraction of sp³-hybridized carbons (Fsp3) is 0.320. The first kappa shape index (κ1) is 27.2. The smallest absolute Gasteiger partial charge is 0.328 e. The number of halogens is 2. The number of carbonyl (C=O) groups is 3. The van der Waals surface area contributed by atoms with Crippen LogP contribution in [-0.4, -0.2) is 54.2 Å². The van der Waals surface area contributed by atoms with Crippen molar-refractivity contribution < 1.29 is 37.4 Å². The van der Waals surface area contributed by atoms with Gasteiger partial charge in [0.2, 0.25) is 0 Å². The molecule has 0 aliphatic heterocycles. The second kappa shape index (κ2) is 12.6. The molecule has 0 aliphatic rings. The van der Waals surface area contributed by atoms with Gasteiger partial charge in [0.25, 0.3) is 5.91 Å². The first-order chi connectivity index (χ1) is 17.8. The number of nitrogens with one attached hydrogen (secondary N) is 2. The van der Waals surface area contributed by atoms with E-state index in [1.165, 1.54) is 6.20 Å². The molecule has 1 atom stereocenters. The van der Waals surface area contributed by atoms with Gasteiger partial charge in [0, 0.05) is 12.5 Å². The number of para-hydroxylation sites is 2. The fourth-order valence-corrected chi connectivity index (χ4v) is 3.47. The average Bonchev–Trinajstić information content (AvgIpc) is 2.88. The van der Waals surface area contributed by atoms with Crippen LogP contribution in [0.5, 0.6) is 5.75 Å². The molecule has 37 heavy (non-hydrogen) atoms. The summed E-state index contributed by atoms with van der Waals surface area (Å²) in [6.45, 7) is 3.33. The number of anilines is 2. The molecule has 196 valence electrons. The summed E-state index contributed by atoms with van der Waals surface area (Å²) in [5, 5.41) is 4.94. The van der Waals surface area contributed by atoms with Crippen LogP contribution in [0.1, 0.15) is 37.0 Å². The second-order valence-electron chi connectivity index (χ2n) is 7.62. The highest BCUT2D eigenvalue weighted by Gasteiger charge is 2.30. The van der Waals surface area contributed by atoms with Gasteiger partial charge in [-0.1, -0.05) is 12.1 Å². The molecule has 0 aliphatic carbocycles. The highest BCUT2D eigenvalue weighted by Crippen LogP contribution is 2.33. The molecule has 0 saturated carbocycles. The lowest BCUT2D eigenvalue weighted by Gasteiger charge is -2.19. The van der Waals surface area contributed by atoms with Gasteiger partial charge in [-0.25, -0.2) is 18.6 Å². The highest BCUT2D eigenvalue weighted by atomic mass is 19.1. The van der Waals surface area contributed by atoms with E-state index in [2.05, 4.69) is 20.6 Å². The molecule has 0 fully saturated rings. The molecular formula is C25H26F2N4O6. The number of ether oxygens (including phenoxy) is 3. The van der Waals surface area contributed by atoms with Crippen molar-refractivity contribution in [3.05, 3.63) is 53.7 Å². The molecule has 3 aromatic rings. The highest BCUT2D eigenvalue weighted by molar-refractivity contribution is 6.00. The van der Waals surface area contributed by atoms with Gasteiger partial charge in [-0.15, -0.1) is 0 Å². The number of nitrogens with zero attached hydrogens (tertiary/aromatic N) is 2. The number of aromatic nitrogens is 2. The van der Waals surface area contributed by atoms with Crippen molar-refractivity contribution in [3.63, 3.8) is 0 Å². The Morgan fingerprint density at radius 1 is 1.05 bits per heavy atom. The van der Waals surface area contributed by atoms with E-state index in [1.807, 2.05) is 0 Å². The third kappa shape index (κ3) is 6.66. The molecule has 1 unspecified atom stereocenters. The van der Waals surface area contributed by atoms with Gasteiger partial charge in [0.15, 0.2) is 11.6 Å². The van der Waals surface area contributed by atoms with Gasteiger partial charge in [0.1, 0.15) is 23.2 Å². The Bertz CT molecular complexity index is 1300. The van der Waals surface area contributed by atoms with E-state index in [0.717, 1.165) is 13.2 Å². The molecule has 10 nitrogen and oxygen atoms in total. The number of hydrogen-bond acceptors (Lipinski definition) is 9. The van der Waals surface area contributed by atoms with Crippen LogP contribution in [0.2, 0.25) is 0 Å². The van der Waals surface area contributed by atoms with Gasteiger partial charge in [-0.05, 0) is 32.4 Å². The lowest BCUT2D eigenvalue weighted by molar-refractivity contribution is -0.146. The number of methoxy groups -OCH3 is 1. The molecule has 0 bridgehead atoms. The Morgan fingerprint density at radius 3 is 2.43 bits per heavy atom. The maximum absolute atomic E-state index is 15.3. The molecule has 1 amide bonds. The molecule has 12 heteroatoms. The van der Waals surface area contributed by atoms with Gasteiger partial charge in [-0.2, -0.15) is 0 Å². The Balaban J connectivity index is 1.87. The van der Waals surface area contributed by atoms with Crippen LogP contribution in [-0.2, 0) is 19.1 Å². The van der Waals surface area contributed by atoms with Crippen molar-refractivity contribution in [1.82, 2.24) is 15.3 Å². The summed E-state index contributed by atoms with van der Waals surface area (Å²) in [7, 11) is 1.07. The molecule has 0 saturated heterocycles. The predicted octanol–water partition coefficient (Wildman–Crippen LogP) is 3.67. The number of amides is 1. The van der Waals surface area contributed by atoms with E-state index >= 15 is 8.78 Å². The zero-order chi connectivity index (χ0) is 26.9. The van der Waals surface area contributed by atoms with Crippen LogP contribution >= 0.6 is 0 Å². The lowest BCUT2D eigenvalue weighted by atomic mass is 10.1. The van der Waals surface area contributed by atoms with Gasteiger partial charge in [-0.3, -0.25) is 14.6 Å². The number of benzene rings is 2. The lowest BCUT2D eigenvalue weighted by Crippen LogP contribution is -2.42. The average molecular weight is 517 g/mol. The first-order valence-corrected chi connectivity index (χ1v) is 11.5. The van der Waals surface area contributed by atoms with Crippen LogP contribution in [0, 0.1) is 11.6 Å². The normalized spacial score (nSPS) is 11.5. The molecule has 2 N–H and O–H groups in total. The Morgan fingerprint density at radius 2 is 1.76 bits per heavy atom. The number of rotatable bonds is 11. The maximum atomic E-state index is 15.3. The summed E-state index contributed by atoms with van der Waals surface area (Å²) in [4.78, 5) is 45.5. The van der Waals surface area contributed by atoms with E-state index in [1.54, 1.807) is 38.1 Å². The number of fused-ring (bicyclic) bond motifs is 1. The fourth-order valence-electron chi connectivity index (χ4n) is 3.47. The van der Waals surface area contributed by atoms with E-state index < -0.39 is 46.8 Å². The summed E-state index contributed by atoms with van der Waals surface area (Å²) in [5.41, 5.74) is 0.0351. The van der Waals surface area contributed by atoms with Crippen LogP contribution in [0.15, 0.2) is 36.5 Å². The van der Waals surface area contributed by atoms with Crippen molar-refractivity contribution in [1.29, 1.82) is 0 Å². The first-order valence-electron chi connectivity index (χ1n) is 11.5. The van der Waals surface area contributed by atoms with Crippen molar-refractivity contribution in [2.75, 3.05) is 25.6 Å². The largest absolute Gasteiger partial charge is 0.493 e. The molecule has 1 heterocycles. The zero-order valence-electron chi connectivity index (χ0n) is 20.5. The Hall–Kier alpha value is -4.35. The van der Waals surface area contributed by atoms with Crippen molar-refractivity contribution in [2.45, 2.75) is 32.7 Å².